The molecule has 0 radical (unpaired) electrons. The summed E-state index contributed by atoms with van der Waals surface area (Å²) in [5.74, 6) is 3.44. The molecule has 0 aromatic rings. The first kappa shape index (κ1) is 11.7. The summed E-state index contributed by atoms with van der Waals surface area (Å²) < 4.78 is 0. The zero-order valence-electron chi connectivity index (χ0n) is 8.65. The Morgan fingerprint density at radius 1 is 1.23 bits per heavy atom. The van der Waals surface area contributed by atoms with Crippen molar-refractivity contribution in [3.63, 3.8) is 0 Å². The Morgan fingerprint density at radius 3 is 2.46 bits per heavy atom. The van der Waals surface area contributed by atoms with E-state index in [0.717, 1.165) is 5.88 Å². The zero-order valence-corrected chi connectivity index (χ0v) is 10.2. The number of hydrogen-bond acceptors (Lipinski definition) is 1. The van der Waals surface area contributed by atoms with Crippen LogP contribution in [-0.4, -0.2) is 17.4 Å². The fourth-order valence-electron chi connectivity index (χ4n) is 2.19. The van der Waals surface area contributed by atoms with E-state index in [-0.39, 0.29) is 0 Å². The molecule has 0 nitrogen and oxygen atoms in total. The SMILES string of the molecule is CCSCCC1(CCl)CCCCC1. The predicted molar refractivity (Wildman–Crippen MR) is 63.9 cm³/mol. The van der Waals surface area contributed by atoms with Crippen molar-refractivity contribution in [1.82, 2.24) is 0 Å². The Hall–Kier alpha value is 0.640. The van der Waals surface area contributed by atoms with Crippen LogP contribution >= 0.6 is 23.4 Å². The van der Waals surface area contributed by atoms with Gasteiger partial charge in [0.1, 0.15) is 0 Å². The summed E-state index contributed by atoms with van der Waals surface area (Å²) in [5.41, 5.74) is 0.516. The van der Waals surface area contributed by atoms with Crippen LogP contribution in [0, 0.1) is 5.41 Å². The molecule has 13 heavy (non-hydrogen) atoms. The van der Waals surface area contributed by atoms with Crippen LogP contribution in [0.5, 0.6) is 0 Å². The van der Waals surface area contributed by atoms with Crippen molar-refractivity contribution in [3.8, 4) is 0 Å². The second-order valence-corrected chi connectivity index (χ2v) is 5.80. The van der Waals surface area contributed by atoms with Crippen molar-refractivity contribution in [2.75, 3.05) is 17.4 Å². The number of hydrogen-bond donors (Lipinski definition) is 0. The maximum Gasteiger partial charge on any atom is 0.0280 e. The van der Waals surface area contributed by atoms with Crippen molar-refractivity contribution in [3.05, 3.63) is 0 Å². The van der Waals surface area contributed by atoms with Gasteiger partial charge < -0.3 is 0 Å². The molecule has 0 spiro atoms. The molecule has 0 saturated heterocycles. The molecule has 0 amide bonds. The Morgan fingerprint density at radius 2 is 1.92 bits per heavy atom. The van der Waals surface area contributed by atoms with Gasteiger partial charge in [-0.05, 0) is 36.2 Å². The molecule has 1 aliphatic carbocycles. The molecule has 0 heterocycles. The predicted octanol–water partition coefficient (Wildman–Crippen LogP) is 4.32. The molecule has 1 saturated carbocycles. The van der Waals surface area contributed by atoms with E-state index >= 15 is 0 Å². The van der Waals surface area contributed by atoms with Gasteiger partial charge in [0.25, 0.3) is 0 Å². The van der Waals surface area contributed by atoms with Crippen molar-refractivity contribution >= 4 is 23.4 Å². The smallest absolute Gasteiger partial charge is 0.0280 e. The Labute approximate surface area is 91.8 Å². The van der Waals surface area contributed by atoms with E-state index in [1.165, 1.54) is 50.0 Å². The van der Waals surface area contributed by atoms with Gasteiger partial charge in [-0.15, -0.1) is 11.6 Å². The lowest BCUT2D eigenvalue weighted by Crippen LogP contribution is -2.26. The normalized spacial score (nSPS) is 21.7. The van der Waals surface area contributed by atoms with Gasteiger partial charge >= 0.3 is 0 Å². The third-order valence-electron chi connectivity index (χ3n) is 3.18. The van der Waals surface area contributed by atoms with Crippen LogP contribution in [0.3, 0.4) is 0 Å². The van der Waals surface area contributed by atoms with Gasteiger partial charge in [0, 0.05) is 5.88 Å². The summed E-state index contributed by atoms with van der Waals surface area (Å²) in [4.78, 5) is 0. The maximum atomic E-state index is 6.11. The van der Waals surface area contributed by atoms with Gasteiger partial charge in [0.2, 0.25) is 0 Å². The number of rotatable bonds is 5. The largest absolute Gasteiger partial charge is 0.162 e. The summed E-state index contributed by atoms with van der Waals surface area (Å²) in [6, 6.07) is 0. The van der Waals surface area contributed by atoms with Crippen molar-refractivity contribution in [1.29, 1.82) is 0 Å². The van der Waals surface area contributed by atoms with E-state index in [1.54, 1.807) is 0 Å². The van der Waals surface area contributed by atoms with Crippen molar-refractivity contribution in [2.45, 2.75) is 45.4 Å². The molecule has 0 atom stereocenters. The monoisotopic (exact) mass is 220 g/mol. The van der Waals surface area contributed by atoms with Gasteiger partial charge in [0.05, 0.1) is 0 Å². The molecule has 0 aromatic heterocycles. The highest BCUT2D eigenvalue weighted by atomic mass is 35.5. The van der Waals surface area contributed by atoms with E-state index in [2.05, 4.69) is 18.7 Å². The number of alkyl halides is 1. The Bertz CT molecular complexity index is 130. The first-order valence-electron chi connectivity index (χ1n) is 5.47. The lowest BCUT2D eigenvalue weighted by Gasteiger charge is -2.35. The summed E-state index contributed by atoms with van der Waals surface area (Å²) in [7, 11) is 0. The standard InChI is InChI=1S/C11H21ClS/c1-2-13-9-8-11(10-12)6-4-3-5-7-11/h2-10H2,1H3. The fourth-order valence-corrected chi connectivity index (χ4v) is 3.45. The average molecular weight is 221 g/mol. The van der Waals surface area contributed by atoms with Crippen LogP contribution in [0.1, 0.15) is 45.4 Å². The second kappa shape index (κ2) is 6.19. The molecule has 0 aliphatic heterocycles. The average Bonchev–Trinajstić information content (AvgIpc) is 2.20. The Kier molecular flexibility index (Phi) is 5.57. The summed E-state index contributed by atoms with van der Waals surface area (Å²) >= 11 is 8.16. The number of halogens is 1. The first-order valence-corrected chi connectivity index (χ1v) is 7.16. The van der Waals surface area contributed by atoms with Gasteiger partial charge in [-0.3, -0.25) is 0 Å². The van der Waals surface area contributed by atoms with Crippen LogP contribution in [-0.2, 0) is 0 Å². The fraction of sp³-hybridized carbons (Fsp3) is 1.00. The quantitative estimate of drug-likeness (QED) is 0.491. The van der Waals surface area contributed by atoms with E-state index in [4.69, 9.17) is 11.6 Å². The molecule has 0 N–H and O–H groups in total. The topological polar surface area (TPSA) is 0 Å². The van der Waals surface area contributed by atoms with Crippen LogP contribution in [0.25, 0.3) is 0 Å². The molecule has 2 heteroatoms. The highest BCUT2D eigenvalue weighted by Gasteiger charge is 2.30. The van der Waals surface area contributed by atoms with Crippen LogP contribution in [0.4, 0.5) is 0 Å². The van der Waals surface area contributed by atoms with Gasteiger partial charge in [0.15, 0.2) is 0 Å². The lowest BCUT2D eigenvalue weighted by molar-refractivity contribution is 0.214. The second-order valence-electron chi connectivity index (χ2n) is 4.14. The van der Waals surface area contributed by atoms with E-state index in [1.807, 2.05) is 0 Å². The van der Waals surface area contributed by atoms with E-state index in [0.29, 0.717) is 5.41 Å². The minimum absolute atomic E-state index is 0.516. The third-order valence-corrected chi connectivity index (χ3v) is 4.65. The van der Waals surface area contributed by atoms with Crippen molar-refractivity contribution < 1.29 is 0 Å². The Balaban J connectivity index is 2.29. The third kappa shape index (κ3) is 3.71. The lowest BCUT2D eigenvalue weighted by atomic mass is 9.74. The minimum Gasteiger partial charge on any atom is -0.162 e. The molecular formula is C11H21ClS. The molecule has 1 aliphatic rings. The first-order chi connectivity index (χ1) is 6.33. The molecule has 1 fully saturated rings. The molecule has 0 unspecified atom stereocenters. The summed E-state index contributed by atoms with van der Waals surface area (Å²) in [6.07, 6.45) is 8.34. The number of thioether (sulfide) groups is 1. The van der Waals surface area contributed by atoms with Gasteiger partial charge in [-0.2, -0.15) is 11.8 Å². The van der Waals surface area contributed by atoms with E-state index < -0.39 is 0 Å². The highest BCUT2D eigenvalue weighted by molar-refractivity contribution is 7.99. The van der Waals surface area contributed by atoms with Gasteiger partial charge in [-0.25, -0.2) is 0 Å². The van der Waals surface area contributed by atoms with Crippen molar-refractivity contribution in [2.24, 2.45) is 5.41 Å². The van der Waals surface area contributed by atoms with Gasteiger partial charge in [-0.1, -0.05) is 26.2 Å². The van der Waals surface area contributed by atoms with E-state index in [9.17, 15) is 0 Å². The highest BCUT2D eigenvalue weighted by Crippen LogP contribution is 2.40. The molecular weight excluding hydrogens is 200 g/mol. The zero-order chi connectivity index (χ0) is 9.57. The molecule has 1 rings (SSSR count). The molecule has 78 valence electrons. The minimum atomic E-state index is 0.516. The summed E-state index contributed by atoms with van der Waals surface area (Å²) in [5, 5.41) is 0. The molecule has 0 aromatic carbocycles. The van der Waals surface area contributed by atoms with Crippen LogP contribution in [0.2, 0.25) is 0 Å². The van der Waals surface area contributed by atoms with Crippen LogP contribution < -0.4 is 0 Å². The van der Waals surface area contributed by atoms with Crippen LogP contribution in [0.15, 0.2) is 0 Å². The molecule has 0 bridgehead atoms. The maximum absolute atomic E-state index is 6.11. The summed E-state index contributed by atoms with van der Waals surface area (Å²) in [6.45, 7) is 2.24.